The van der Waals surface area contributed by atoms with E-state index in [1.165, 1.54) is 11.3 Å². The number of hydrogen-bond donors (Lipinski definition) is 1. The molecule has 2 atom stereocenters. The molecule has 5 heteroatoms. The van der Waals surface area contributed by atoms with Gasteiger partial charge in [0.15, 0.2) is 0 Å². The molecule has 2 rings (SSSR count). The smallest absolute Gasteiger partial charge is 0.138 e. The van der Waals surface area contributed by atoms with Crippen molar-refractivity contribution in [3.63, 3.8) is 0 Å². The Kier molecular flexibility index (Phi) is 3.99. The molecule has 0 bridgehead atoms. The number of rotatable bonds is 4. The number of hydrogen-bond acceptors (Lipinski definition) is 4. The van der Waals surface area contributed by atoms with E-state index in [1.807, 2.05) is 25.6 Å². The monoisotopic (exact) mass is 276 g/mol. The fraction of sp³-hybridized carbons (Fsp3) is 0.600. The topological polar surface area (TPSA) is 55.9 Å². The molecule has 1 N–H and O–H groups in total. The Morgan fingerprint density at radius 1 is 1.00 bits per heavy atom. The third kappa shape index (κ3) is 2.50. The maximum absolute atomic E-state index is 5.25. The fourth-order valence-electron chi connectivity index (χ4n) is 3.07. The van der Waals surface area contributed by atoms with Crippen LogP contribution in [0.2, 0.25) is 0 Å². The zero-order valence-corrected chi connectivity index (χ0v) is 13.4. The molecule has 2 unspecified atom stereocenters. The quantitative estimate of drug-likeness (QED) is 0.932. The van der Waals surface area contributed by atoms with E-state index in [1.54, 1.807) is 0 Å². The second-order valence-electron chi connectivity index (χ2n) is 5.56. The third-order valence-corrected chi connectivity index (χ3v) is 4.02. The summed E-state index contributed by atoms with van der Waals surface area (Å²) in [5.41, 5.74) is 5.65. The predicted octanol–water partition coefficient (Wildman–Crippen LogP) is 3.05. The largest absolute Gasteiger partial charge is 0.361 e. The average Bonchev–Trinajstić information content (AvgIpc) is 2.80. The standard InChI is InChI=1S/C15H24N4O/c1-8(14-10(3)17-19(7)12(14)5)16-9(2)15-11(4)18-20-13(15)6/h8-9,16H,1-7H3. The summed E-state index contributed by atoms with van der Waals surface area (Å²) in [6.07, 6.45) is 0. The van der Waals surface area contributed by atoms with E-state index >= 15 is 0 Å². The maximum Gasteiger partial charge on any atom is 0.138 e. The molecule has 110 valence electrons. The summed E-state index contributed by atoms with van der Waals surface area (Å²) in [7, 11) is 1.98. The minimum absolute atomic E-state index is 0.190. The van der Waals surface area contributed by atoms with Gasteiger partial charge in [0.05, 0.1) is 11.4 Å². The number of nitrogens with zero attached hydrogens (tertiary/aromatic N) is 3. The van der Waals surface area contributed by atoms with E-state index in [-0.39, 0.29) is 12.1 Å². The Morgan fingerprint density at radius 2 is 1.60 bits per heavy atom. The summed E-state index contributed by atoms with van der Waals surface area (Å²) >= 11 is 0. The van der Waals surface area contributed by atoms with Crippen LogP contribution in [0.4, 0.5) is 0 Å². The van der Waals surface area contributed by atoms with Gasteiger partial charge in [0, 0.05) is 36.0 Å². The van der Waals surface area contributed by atoms with Crippen LogP contribution in [0.15, 0.2) is 4.52 Å². The first kappa shape index (κ1) is 14.8. The van der Waals surface area contributed by atoms with Gasteiger partial charge < -0.3 is 9.84 Å². The van der Waals surface area contributed by atoms with Crippen LogP contribution >= 0.6 is 0 Å². The van der Waals surface area contributed by atoms with Crippen molar-refractivity contribution in [3.8, 4) is 0 Å². The first-order chi connectivity index (χ1) is 9.32. The molecule has 0 saturated carbocycles. The van der Waals surface area contributed by atoms with Crippen LogP contribution in [0.25, 0.3) is 0 Å². The summed E-state index contributed by atoms with van der Waals surface area (Å²) in [5, 5.41) is 12.1. The Balaban J connectivity index is 2.21. The van der Waals surface area contributed by atoms with Crippen LogP contribution in [-0.2, 0) is 7.05 Å². The molecular formula is C15H24N4O. The first-order valence-corrected chi connectivity index (χ1v) is 7.01. The van der Waals surface area contributed by atoms with Crippen molar-refractivity contribution < 1.29 is 4.52 Å². The lowest BCUT2D eigenvalue weighted by Gasteiger charge is -2.20. The summed E-state index contributed by atoms with van der Waals surface area (Å²) in [6, 6.07) is 0.419. The second-order valence-corrected chi connectivity index (χ2v) is 5.56. The average molecular weight is 276 g/mol. The van der Waals surface area contributed by atoms with Crippen molar-refractivity contribution in [3.05, 3.63) is 34.0 Å². The normalized spacial score (nSPS) is 14.6. The molecule has 20 heavy (non-hydrogen) atoms. The highest BCUT2D eigenvalue weighted by Gasteiger charge is 2.21. The van der Waals surface area contributed by atoms with E-state index in [4.69, 9.17) is 4.52 Å². The molecular weight excluding hydrogens is 252 g/mol. The summed E-state index contributed by atoms with van der Waals surface area (Å²) in [6.45, 7) is 12.4. The molecule has 2 aromatic heterocycles. The van der Waals surface area contributed by atoms with Crippen molar-refractivity contribution in [2.45, 2.75) is 53.6 Å². The van der Waals surface area contributed by atoms with E-state index in [9.17, 15) is 0 Å². The summed E-state index contributed by atoms with van der Waals surface area (Å²) in [4.78, 5) is 0. The maximum atomic E-state index is 5.25. The molecule has 2 aromatic rings. The lowest BCUT2D eigenvalue weighted by molar-refractivity contribution is 0.389. The minimum Gasteiger partial charge on any atom is -0.361 e. The van der Waals surface area contributed by atoms with Gasteiger partial charge in [-0.2, -0.15) is 5.10 Å². The Bertz CT molecular complexity index is 592. The number of aryl methyl sites for hydroxylation is 4. The molecule has 0 aliphatic rings. The lowest BCUT2D eigenvalue weighted by atomic mass is 10.0. The van der Waals surface area contributed by atoms with Gasteiger partial charge in [-0.25, -0.2) is 0 Å². The van der Waals surface area contributed by atoms with E-state index in [0.29, 0.717) is 0 Å². The molecule has 0 aliphatic carbocycles. The Morgan fingerprint density at radius 3 is 2.05 bits per heavy atom. The summed E-state index contributed by atoms with van der Waals surface area (Å²) < 4.78 is 7.18. The SMILES string of the molecule is Cc1noc(C)c1C(C)NC(C)c1c(C)nn(C)c1C. The Labute approximate surface area is 120 Å². The third-order valence-electron chi connectivity index (χ3n) is 4.02. The van der Waals surface area contributed by atoms with Gasteiger partial charge in [-0.3, -0.25) is 4.68 Å². The molecule has 0 aliphatic heterocycles. The highest BCUT2D eigenvalue weighted by molar-refractivity contribution is 5.29. The van der Waals surface area contributed by atoms with Gasteiger partial charge in [-0.1, -0.05) is 5.16 Å². The van der Waals surface area contributed by atoms with Crippen LogP contribution in [0.1, 0.15) is 59.9 Å². The molecule has 0 radical (unpaired) electrons. The van der Waals surface area contributed by atoms with Gasteiger partial charge in [0.25, 0.3) is 0 Å². The molecule has 0 amide bonds. The fourth-order valence-corrected chi connectivity index (χ4v) is 3.07. The number of nitrogens with one attached hydrogen (secondary N) is 1. The van der Waals surface area contributed by atoms with Gasteiger partial charge in [-0.15, -0.1) is 0 Å². The minimum atomic E-state index is 0.190. The van der Waals surface area contributed by atoms with Gasteiger partial charge in [0.2, 0.25) is 0 Å². The van der Waals surface area contributed by atoms with Crippen LogP contribution in [0.3, 0.4) is 0 Å². The first-order valence-electron chi connectivity index (χ1n) is 7.01. The highest BCUT2D eigenvalue weighted by Crippen LogP contribution is 2.26. The molecule has 0 spiro atoms. The van der Waals surface area contributed by atoms with Crippen LogP contribution in [-0.4, -0.2) is 14.9 Å². The van der Waals surface area contributed by atoms with Crippen molar-refractivity contribution in [1.82, 2.24) is 20.3 Å². The van der Waals surface area contributed by atoms with E-state index in [2.05, 4.69) is 43.3 Å². The molecule has 0 aromatic carbocycles. The Hall–Kier alpha value is -1.62. The van der Waals surface area contributed by atoms with Gasteiger partial charge in [-0.05, 0) is 41.5 Å². The molecule has 2 heterocycles. The van der Waals surface area contributed by atoms with Crippen molar-refractivity contribution in [2.24, 2.45) is 7.05 Å². The van der Waals surface area contributed by atoms with E-state index < -0.39 is 0 Å². The van der Waals surface area contributed by atoms with Crippen LogP contribution in [0, 0.1) is 27.7 Å². The molecule has 0 saturated heterocycles. The lowest BCUT2D eigenvalue weighted by Crippen LogP contribution is -2.24. The van der Waals surface area contributed by atoms with Crippen molar-refractivity contribution in [1.29, 1.82) is 0 Å². The van der Waals surface area contributed by atoms with Gasteiger partial charge >= 0.3 is 0 Å². The van der Waals surface area contributed by atoms with Crippen LogP contribution in [0.5, 0.6) is 0 Å². The van der Waals surface area contributed by atoms with E-state index in [0.717, 1.165) is 22.7 Å². The van der Waals surface area contributed by atoms with Crippen molar-refractivity contribution in [2.75, 3.05) is 0 Å². The van der Waals surface area contributed by atoms with Crippen molar-refractivity contribution >= 4 is 0 Å². The predicted molar refractivity (Wildman–Crippen MR) is 78.6 cm³/mol. The second kappa shape index (κ2) is 5.40. The highest BCUT2D eigenvalue weighted by atomic mass is 16.5. The number of aromatic nitrogens is 3. The summed E-state index contributed by atoms with van der Waals surface area (Å²) in [5.74, 6) is 0.884. The van der Waals surface area contributed by atoms with Crippen LogP contribution < -0.4 is 5.32 Å². The zero-order valence-electron chi connectivity index (χ0n) is 13.4. The van der Waals surface area contributed by atoms with Gasteiger partial charge in [0.1, 0.15) is 5.76 Å². The molecule has 0 fully saturated rings. The molecule has 5 nitrogen and oxygen atoms in total. The zero-order chi connectivity index (χ0) is 15.0.